The third kappa shape index (κ3) is 2.82. The minimum absolute atomic E-state index is 0.615. The van der Waals surface area contributed by atoms with Crippen LogP contribution in [0.4, 0.5) is 5.69 Å². The maximum Gasteiger partial charge on any atom is 0.196 e. The summed E-state index contributed by atoms with van der Waals surface area (Å²) in [6, 6.07) is 18.5. The number of guanidine groups is 1. The first-order chi connectivity index (χ1) is 9.83. The average Bonchev–Trinajstić information content (AvgIpc) is 2.71. The van der Waals surface area contributed by atoms with E-state index < -0.39 is 0 Å². The van der Waals surface area contributed by atoms with Gasteiger partial charge >= 0.3 is 0 Å². The second-order valence-corrected chi connectivity index (χ2v) is 5.06. The molecule has 0 saturated heterocycles. The second kappa shape index (κ2) is 5.78. The molecule has 0 aliphatic carbocycles. The topological polar surface area (TPSA) is 41.6 Å². The highest BCUT2D eigenvalue weighted by Gasteiger charge is 2.14. The van der Waals surface area contributed by atoms with Gasteiger partial charge in [-0.25, -0.2) is 4.99 Å². The minimum atomic E-state index is 0.615. The van der Waals surface area contributed by atoms with Crippen LogP contribution in [-0.4, -0.2) is 23.9 Å². The third-order valence-electron chi connectivity index (χ3n) is 3.74. The van der Waals surface area contributed by atoms with Crippen LogP contribution in [0.2, 0.25) is 0 Å². The summed E-state index contributed by atoms with van der Waals surface area (Å²) in [7, 11) is 0. The molecule has 1 aliphatic rings. The van der Waals surface area contributed by atoms with Crippen molar-refractivity contribution in [2.75, 3.05) is 13.1 Å². The molecule has 0 unspecified atom stereocenters. The van der Waals surface area contributed by atoms with Crippen LogP contribution in [0, 0.1) is 0 Å². The van der Waals surface area contributed by atoms with Crippen LogP contribution in [0.5, 0.6) is 0 Å². The van der Waals surface area contributed by atoms with E-state index in [0.717, 1.165) is 31.6 Å². The van der Waals surface area contributed by atoms with Gasteiger partial charge in [0.2, 0.25) is 0 Å². The van der Waals surface area contributed by atoms with E-state index in [1.54, 1.807) is 0 Å². The molecule has 20 heavy (non-hydrogen) atoms. The number of nitrogens with two attached hydrogens (primary N) is 1. The molecule has 2 aromatic carbocycles. The van der Waals surface area contributed by atoms with Crippen molar-refractivity contribution in [3.05, 3.63) is 65.7 Å². The Hall–Kier alpha value is -2.29. The van der Waals surface area contributed by atoms with E-state index in [4.69, 9.17) is 5.73 Å². The molecule has 1 aliphatic heterocycles. The van der Waals surface area contributed by atoms with Crippen LogP contribution in [-0.2, 0) is 12.8 Å². The van der Waals surface area contributed by atoms with Crippen molar-refractivity contribution in [3.8, 4) is 0 Å². The first-order valence-corrected chi connectivity index (χ1v) is 7.04. The normalized spacial score (nSPS) is 15.6. The molecule has 102 valence electrons. The van der Waals surface area contributed by atoms with Gasteiger partial charge in [-0.3, -0.25) is 0 Å². The molecule has 2 N–H and O–H groups in total. The first-order valence-electron chi connectivity index (χ1n) is 7.04. The van der Waals surface area contributed by atoms with Gasteiger partial charge in [-0.05, 0) is 36.1 Å². The molecule has 3 nitrogen and oxygen atoms in total. The van der Waals surface area contributed by atoms with Crippen molar-refractivity contribution < 1.29 is 0 Å². The molecule has 0 spiro atoms. The van der Waals surface area contributed by atoms with Gasteiger partial charge in [0.1, 0.15) is 0 Å². The van der Waals surface area contributed by atoms with Crippen LogP contribution < -0.4 is 5.73 Å². The molecular weight excluding hydrogens is 246 g/mol. The van der Waals surface area contributed by atoms with Crippen molar-refractivity contribution >= 4 is 11.6 Å². The number of hydrogen-bond donors (Lipinski definition) is 1. The van der Waals surface area contributed by atoms with E-state index in [1.807, 2.05) is 30.3 Å². The van der Waals surface area contributed by atoms with Gasteiger partial charge in [0, 0.05) is 13.1 Å². The second-order valence-electron chi connectivity index (χ2n) is 5.06. The molecule has 0 bridgehead atoms. The van der Waals surface area contributed by atoms with E-state index in [2.05, 4.69) is 34.2 Å². The summed E-state index contributed by atoms with van der Waals surface area (Å²) in [4.78, 5) is 6.68. The first kappa shape index (κ1) is 12.7. The van der Waals surface area contributed by atoms with Gasteiger partial charge in [0.15, 0.2) is 5.96 Å². The summed E-state index contributed by atoms with van der Waals surface area (Å²) < 4.78 is 0. The fraction of sp³-hybridized carbons (Fsp3) is 0.235. The molecule has 0 saturated carbocycles. The number of nitrogens with zero attached hydrogens (tertiary/aromatic N) is 2. The van der Waals surface area contributed by atoms with Crippen molar-refractivity contribution in [1.29, 1.82) is 0 Å². The molecule has 3 rings (SSSR count). The lowest BCUT2D eigenvalue weighted by Crippen LogP contribution is -2.38. The Labute approximate surface area is 119 Å². The lowest BCUT2D eigenvalue weighted by molar-refractivity contribution is 0.434. The Balaban J connectivity index is 1.75. The fourth-order valence-corrected chi connectivity index (χ4v) is 2.60. The molecule has 3 heteroatoms. The largest absolute Gasteiger partial charge is 0.369 e. The maximum absolute atomic E-state index is 6.16. The Morgan fingerprint density at radius 2 is 1.40 bits per heavy atom. The smallest absolute Gasteiger partial charge is 0.196 e. The van der Waals surface area contributed by atoms with E-state index in [0.29, 0.717) is 5.96 Å². The molecule has 0 aromatic heterocycles. The maximum atomic E-state index is 6.16. The van der Waals surface area contributed by atoms with E-state index in [1.165, 1.54) is 11.1 Å². The Bertz CT molecular complexity index is 578. The van der Waals surface area contributed by atoms with Crippen LogP contribution in [0.25, 0.3) is 0 Å². The van der Waals surface area contributed by atoms with Crippen LogP contribution >= 0.6 is 0 Å². The fourth-order valence-electron chi connectivity index (χ4n) is 2.60. The molecule has 0 fully saturated rings. The van der Waals surface area contributed by atoms with Crippen molar-refractivity contribution in [2.24, 2.45) is 10.7 Å². The zero-order valence-corrected chi connectivity index (χ0v) is 11.5. The van der Waals surface area contributed by atoms with Crippen molar-refractivity contribution in [2.45, 2.75) is 12.8 Å². The lowest BCUT2D eigenvalue weighted by atomic mass is 10.0. The minimum Gasteiger partial charge on any atom is -0.369 e. The van der Waals surface area contributed by atoms with Crippen LogP contribution in [0.1, 0.15) is 11.1 Å². The molecule has 0 radical (unpaired) electrons. The number of fused-ring (bicyclic) bond motifs is 1. The molecule has 0 amide bonds. The summed E-state index contributed by atoms with van der Waals surface area (Å²) in [5, 5.41) is 0. The third-order valence-corrected chi connectivity index (χ3v) is 3.74. The van der Waals surface area contributed by atoms with E-state index in [9.17, 15) is 0 Å². The highest BCUT2D eigenvalue weighted by atomic mass is 15.2. The Kier molecular flexibility index (Phi) is 3.68. The summed E-state index contributed by atoms with van der Waals surface area (Å²) in [6.45, 7) is 1.86. The average molecular weight is 265 g/mol. The number of rotatable bonds is 1. The van der Waals surface area contributed by atoms with E-state index >= 15 is 0 Å². The predicted octanol–water partition coefficient (Wildman–Crippen LogP) is 2.73. The highest BCUT2D eigenvalue weighted by molar-refractivity contribution is 5.81. The lowest BCUT2D eigenvalue weighted by Gasteiger charge is -2.21. The van der Waals surface area contributed by atoms with Gasteiger partial charge in [-0.15, -0.1) is 0 Å². The Morgan fingerprint density at radius 1 is 0.850 bits per heavy atom. The Morgan fingerprint density at radius 3 is 2.00 bits per heavy atom. The van der Waals surface area contributed by atoms with Crippen molar-refractivity contribution in [1.82, 2.24) is 4.90 Å². The van der Waals surface area contributed by atoms with Gasteiger partial charge in [-0.2, -0.15) is 0 Å². The molecule has 1 heterocycles. The quantitative estimate of drug-likeness (QED) is 0.636. The summed E-state index contributed by atoms with van der Waals surface area (Å²) in [5.74, 6) is 0.615. The molecule has 2 aromatic rings. The van der Waals surface area contributed by atoms with E-state index in [-0.39, 0.29) is 0 Å². The van der Waals surface area contributed by atoms with Crippen LogP contribution in [0.15, 0.2) is 59.6 Å². The zero-order chi connectivity index (χ0) is 13.8. The highest BCUT2D eigenvalue weighted by Crippen LogP contribution is 2.16. The monoisotopic (exact) mass is 265 g/mol. The number of aliphatic imine (C=N–C) groups is 1. The summed E-state index contributed by atoms with van der Waals surface area (Å²) >= 11 is 0. The van der Waals surface area contributed by atoms with Gasteiger partial charge < -0.3 is 10.6 Å². The van der Waals surface area contributed by atoms with Gasteiger partial charge in [-0.1, -0.05) is 42.5 Å². The number of hydrogen-bond acceptors (Lipinski definition) is 1. The standard InChI is InChI=1S/C17H19N3/c18-17(19-16-8-2-1-3-9-16)20-12-10-14-6-4-5-7-15(14)11-13-20/h1-9H,10-13H2,(H2,18,19). The van der Waals surface area contributed by atoms with Gasteiger partial charge in [0.05, 0.1) is 5.69 Å². The predicted molar refractivity (Wildman–Crippen MR) is 83.1 cm³/mol. The number of para-hydroxylation sites is 1. The number of benzene rings is 2. The molecule has 0 atom stereocenters. The van der Waals surface area contributed by atoms with Crippen molar-refractivity contribution in [3.63, 3.8) is 0 Å². The summed E-state index contributed by atoms with van der Waals surface area (Å²) in [6.07, 6.45) is 2.06. The zero-order valence-electron chi connectivity index (χ0n) is 11.5. The SMILES string of the molecule is NC(=Nc1ccccc1)N1CCc2ccccc2CC1. The molecular formula is C17H19N3. The van der Waals surface area contributed by atoms with Crippen LogP contribution in [0.3, 0.4) is 0 Å². The summed E-state index contributed by atoms with van der Waals surface area (Å²) in [5.41, 5.74) is 9.94. The van der Waals surface area contributed by atoms with Gasteiger partial charge in [0.25, 0.3) is 0 Å².